The fraction of sp³-hybridized carbons (Fsp3) is 0.164. The van der Waals surface area contributed by atoms with Crippen LogP contribution in [0.25, 0.3) is 66.1 Å². The molecule has 1 heterocycles. The molecule has 0 radical (unpaired) electrons. The van der Waals surface area contributed by atoms with E-state index in [1.54, 1.807) is 41.5 Å². The molecule has 9 aromatic rings. The number of hydrogen-bond donors (Lipinski definition) is 0. The van der Waals surface area contributed by atoms with E-state index in [1.165, 1.54) is 25.7 Å². The molecule has 8 aromatic carbocycles. The molecule has 280 valence electrons. The summed E-state index contributed by atoms with van der Waals surface area (Å²) in [5, 5.41) is -0.0725. The van der Waals surface area contributed by atoms with E-state index < -0.39 is 120 Å². The number of benzene rings is 8. The van der Waals surface area contributed by atoms with Gasteiger partial charge < -0.3 is 9.32 Å². The van der Waals surface area contributed by atoms with Gasteiger partial charge in [-0.2, -0.15) is 0 Å². The second-order valence-electron chi connectivity index (χ2n) is 14.3. The molecule has 0 aliphatic carbocycles. The van der Waals surface area contributed by atoms with Gasteiger partial charge in [0, 0.05) is 39.3 Å². The lowest BCUT2D eigenvalue weighted by molar-refractivity contribution is 0.672. The normalized spacial score (nSPS) is 17.0. The molecule has 9 rings (SSSR count). The molecule has 0 fully saturated rings. The lowest BCUT2D eigenvalue weighted by atomic mass is 9.88. The summed E-state index contributed by atoms with van der Waals surface area (Å²) in [6.45, 7) is 14.1. The number of aryl methyl sites for hydroxylation is 2. The van der Waals surface area contributed by atoms with Crippen LogP contribution in [0.1, 0.15) is 80.2 Å². The molecule has 0 aliphatic rings. The maximum atomic E-state index is 10.2. The lowest BCUT2D eigenvalue weighted by Gasteiger charge is -2.31. The summed E-state index contributed by atoms with van der Waals surface area (Å²) in [5.74, 6) is 0. The van der Waals surface area contributed by atoms with E-state index in [2.05, 4.69) is 0 Å². The zero-order valence-electron chi connectivity index (χ0n) is 54.9. The van der Waals surface area contributed by atoms with Crippen molar-refractivity contribution in [1.29, 1.82) is 0 Å². The van der Waals surface area contributed by atoms with Crippen molar-refractivity contribution in [2.24, 2.45) is 0 Å². The molecule has 0 N–H and O–H groups in total. The Hall–Kier alpha value is -6.38. The molecule has 0 saturated heterocycles. The quantitative estimate of drug-likeness (QED) is 0.168. The number of nitrogens with zero attached hydrogens (tertiary/aromatic N) is 1. The van der Waals surface area contributed by atoms with E-state index in [-0.39, 0.29) is 129 Å². The molecule has 0 saturated carbocycles. The monoisotopic (exact) mass is 762 g/mol. The Morgan fingerprint density at radius 3 is 1.79 bits per heavy atom. The highest BCUT2D eigenvalue weighted by atomic mass is 16.3. The first-order valence-corrected chi connectivity index (χ1v) is 18.3. The molecule has 2 heteroatoms. The second kappa shape index (κ2) is 14.0. The lowest BCUT2D eigenvalue weighted by Crippen LogP contribution is -2.14. The molecule has 0 spiro atoms. The summed E-state index contributed by atoms with van der Waals surface area (Å²) in [5.41, 5.74) is -0.0477. The van der Waals surface area contributed by atoms with Gasteiger partial charge in [0.2, 0.25) is 0 Å². The van der Waals surface area contributed by atoms with E-state index >= 15 is 0 Å². The Morgan fingerprint density at radius 2 is 1.07 bits per heavy atom. The number of hydrogen-bond acceptors (Lipinski definition) is 2. The van der Waals surface area contributed by atoms with Crippen LogP contribution in [0.5, 0.6) is 0 Å². The van der Waals surface area contributed by atoms with E-state index in [4.69, 9.17) is 23.6 Å². The largest absolute Gasteiger partial charge is 0.455 e. The van der Waals surface area contributed by atoms with Crippen molar-refractivity contribution < 1.29 is 34.6 Å². The van der Waals surface area contributed by atoms with Crippen molar-refractivity contribution in [2.45, 2.75) is 62.3 Å². The van der Waals surface area contributed by atoms with Gasteiger partial charge in [-0.3, -0.25) is 0 Å². The Labute approximate surface area is 368 Å². The Bertz CT molecular complexity index is 4050. The standard InChI is InChI=1S/C55H49NO/c1-32-18-16-17-23-44(32)52-37(6)29-50(39(8)40(52)9)56(49-28-34(3)46(27-35(49)4)41-19-12-10-13-20-41)43-24-25-45-48-31-47(42-21-14-11-15-22-42)54-38(7)33(2)26-36(5)53(54)55(48)57-51(45)30-43/h10-31H,1-9H3/i10D,11D,12D,13D,14D,15D,16D,17D,18D,19D,20D,21D,22D,23D,24D,25D,26D,27D,28D,29D,30D,31D. The minimum Gasteiger partial charge on any atom is -0.455 e. The van der Waals surface area contributed by atoms with Gasteiger partial charge in [0.25, 0.3) is 0 Å². The van der Waals surface area contributed by atoms with E-state index in [0.717, 1.165) is 0 Å². The van der Waals surface area contributed by atoms with Gasteiger partial charge in [0.15, 0.2) is 0 Å². The van der Waals surface area contributed by atoms with Gasteiger partial charge >= 0.3 is 0 Å². The summed E-state index contributed by atoms with van der Waals surface area (Å²) in [6.07, 6.45) is 0. The Morgan fingerprint density at radius 1 is 0.421 bits per heavy atom. The molecule has 0 amide bonds. The first kappa shape index (κ1) is 19.2. The fourth-order valence-corrected chi connectivity index (χ4v) is 7.71. The molecular weight excluding hydrogens is 691 g/mol. The predicted octanol–water partition coefficient (Wildman–Crippen LogP) is 16.0. The summed E-state index contributed by atoms with van der Waals surface area (Å²) in [7, 11) is 0. The van der Waals surface area contributed by atoms with E-state index in [1.807, 2.05) is 0 Å². The third kappa shape index (κ3) is 5.94. The molecule has 0 atom stereocenters. The smallest absolute Gasteiger partial charge is 0.143 e. The van der Waals surface area contributed by atoms with Crippen molar-refractivity contribution in [3.05, 3.63) is 183 Å². The van der Waals surface area contributed by atoms with Crippen molar-refractivity contribution in [3.63, 3.8) is 0 Å². The van der Waals surface area contributed by atoms with Crippen LogP contribution in [0.3, 0.4) is 0 Å². The van der Waals surface area contributed by atoms with Gasteiger partial charge in [-0.25, -0.2) is 0 Å². The SMILES string of the molecule is [2H]c1c([2H])c([2H])c(-c2c([2H])c(C)c(N(c3c([2H])c(C)c(-c4c([2H])c([2H])c([2H])c([2H])c4C)c(C)c3C)c3c([2H])c([2H])c4c(oc5c6c(C)c([2H])c(C)c(C)c6c(-c6c([2H])c([2H])c([2H])c([2H])c6[2H])c([2H])c54)c3[2H])c([2H])c2C)c([2H])c1[2H]. The third-order valence-electron chi connectivity index (χ3n) is 10.7. The minimum absolute atomic E-state index is 0.0442. The number of fused-ring (bicyclic) bond motifs is 5. The summed E-state index contributed by atoms with van der Waals surface area (Å²) in [6, 6.07) is -12.0. The zero-order valence-corrected chi connectivity index (χ0v) is 32.9. The predicted molar refractivity (Wildman–Crippen MR) is 245 cm³/mol. The van der Waals surface area contributed by atoms with Crippen LogP contribution in [-0.4, -0.2) is 0 Å². The molecule has 0 bridgehead atoms. The molecule has 0 aliphatic heterocycles. The van der Waals surface area contributed by atoms with Gasteiger partial charge in [-0.05, 0) is 187 Å². The minimum atomic E-state index is -0.731. The highest BCUT2D eigenvalue weighted by Crippen LogP contribution is 2.48. The molecule has 0 unspecified atom stereocenters. The van der Waals surface area contributed by atoms with Crippen molar-refractivity contribution in [3.8, 4) is 33.4 Å². The first-order valence-electron chi connectivity index (χ1n) is 29.3. The van der Waals surface area contributed by atoms with Crippen LogP contribution in [0, 0.1) is 62.3 Å². The average Bonchev–Trinajstić information content (AvgIpc) is 3.49. The third-order valence-corrected chi connectivity index (χ3v) is 10.7. The van der Waals surface area contributed by atoms with Crippen LogP contribution in [0.15, 0.2) is 137 Å². The number of anilines is 3. The molecule has 1 aromatic heterocycles. The molecule has 57 heavy (non-hydrogen) atoms. The second-order valence-corrected chi connectivity index (χ2v) is 14.3. The van der Waals surface area contributed by atoms with E-state index in [0.29, 0.717) is 16.7 Å². The van der Waals surface area contributed by atoms with Crippen LogP contribution < -0.4 is 4.90 Å². The van der Waals surface area contributed by atoms with Crippen LogP contribution in [-0.2, 0) is 0 Å². The Balaban J connectivity index is 1.50. The highest BCUT2D eigenvalue weighted by Gasteiger charge is 2.25. The average molecular weight is 762 g/mol. The fourth-order valence-electron chi connectivity index (χ4n) is 7.71. The van der Waals surface area contributed by atoms with Gasteiger partial charge in [-0.1, -0.05) is 90.6 Å². The van der Waals surface area contributed by atoms with Crippen molar-refractivity contribution in [1.82, 2.24) is 0 Å². The summed E-state index contributed by atoms with van der Waals surface area (Å²) in [4.78, 5) is 1.21. The zero-order chi connectivity index (χ0) is 58.8. The van der Waals surface area contributed by atoms with Crippen LogP contribution >= 0.6 is 0 Å². The molecular formula is C55H49NO. The summed E-state index contributed by atoms with van der Waals surface area (Å²) >= 11 is 0. The van der Waals surface area contributed by atoms with Crippen molar-refractivity contribution in [2.75, 3.05) is 4.90 Å². The van der Waals surface area contributed by atoms with E-state index in [9.17, 15) is 11.0 Å². The van der Waals surface area contributed by atoms with Crippen LogP contribution in [0.2, 0.25) is 0 Å². The van der Waals surface area contributed by atoms with Gasteiger partial charge in [-0.15, -0.1) is 0 Å². The van der Waals surface area contributed by atoms with Gasteiger partial charge in [0.05, 0.1) is 30.2 Å². The molecule has 2 nitrogen and oxygen atoms in total. The topological polar surface area (TPSA) is 16.4 Å². The maximum Gasteiger partial charge on any atom is 0.143 e. The maximum absolute atomic E-state index is 10.2. The Kier molecular flexibility index (Phi) is 4.70. The van der Waals surface area contributed by atoms with Crippen LogP contribution in [0.4, 0.5) is 17.1 Å². The number of furan rings is 1. The summed E-state index contributed by atoms with van der Waals surface area (Å²) < 4.78 is 207. The van der Waals surface area contributed by atoms with Gasteiger partial charge in [0.1, 0.15) is 11.2 Å². The number of rotatable bonds is 6. The van der Waals surface area contributed by atoms with Crippen molar-refractivity contribution >= 4 is 49.8 Å². The first-order chi connectivity index (χ1) is 36.7. The highest BCUT2D eigenvalue weighted by molar-refractivity contribution is 6.21.